The molecular formula is C25H29NO3S. The van der Waals surface area contributed by atoms with Crippen LogP contribution in [0.25, 0.3) is 0 Å². The molecule has 1 fully saturated rings. The third-order valence-electron chi connectivity index (χ3n) is 5.32. The number of carboxylic acids is 1. The number of amides is 1. The van der Waals surface area contributed by atoms with Gasteiger partial charge in [0.25, 0.3) is 5.91 Å². The van der Waals surface area contributed by atoms with Gasteiger partial charge in [-0.3, -0.25) is 4.79 Å². The van der Waals surface area contributed by atoms with Crippen LogP contribution in [0.4, 0.5) is 5.69 Å². The molecule has 0 radical (unpaired) electrons. The fourth-order valence-corrected chi connectivity index (χ4v) is 4.56. The van der Waals surface area contributed by atoms with Gasteiger partial charge in [0.1, 0.15) is 4.88 Å². The molecule has 1 aliphatic rings. The lowest BCUT2D eigenvalue weighted by Gasteiger charge is -2.36. The maximum Gasteiger partial charge on any atom is 0.348 e. The van der Waals surface area contributed by atoms with Gasteiger partial charge in [-0.1, -0.05) is 37.0 Å². The first kappa shape index (κ1) is 22.1. The lowest BCUT2D eigenvalue weighted by atomic mass is 9.86. The van der Waals surface area contributed by atoms with Crippen molar-refractivity contribution in [1.82, 2.24) is 0 Å². The van der Waals surface area contributed by atoms with Crippen molar-refractivity contribution in [3.8, 4) is 11.8 Å². The number of benzene rings is 1. The topological polar surface area (TPSA) is 57.6 Å². The molecule has 2 aromatic rings. The summed E-state index contributed by atoms with van der Waals surface area (Å²) in [5.74, 6) is 5.74. The Hall–Kier alpha value is -2.58. The van der Waals surface area contributed by atoms with Gasteiger partial charge in [-0.25, -0.2) is 4.79 Å². The molecule has 30 heavy (non-hydrogen) atoms. The molecule has 0 bridgehead atoms. The van der Waals surface area contributed by atoms with E-state index in [9.17, 15) is 14.7 Å². The minimum atomic E-state index is -1.02. The zero-order valence-electron chi connectivity index (χ0n) is 18.1. The van der Waals surface area contributed by atoms with Gasteiger partial charge < -0.3 is 10.0 Å². The average molecular weight is 424 g/mol. The number of carbonyl (C=O) groups excluding carboxylic acids is 1. The third-order valence-corrected chi connectivity index (χ3v) is 6.34. The van der Waals surface area contributed by atoms with E-state index < -0.39 is 5.97 Å². The first-order valence-corrected chi connectivity index (χ1v) is 11.3. The summed E-state index contributed by atoms with van der Waals surface area (Å²) in [6.07, 6.45) is 3.81. The predicted octanol–water partition coefficient (Wildman–Crippen LogP) is 6.07. The Morgan fingerprint density at radius 1 is 1.10 bits per heavy atom. The van der Waals surface area contributed by atoms with Gasteiger partial charge in [-0.05, 0) is 70.6 Å². The lowest BCUT2D eigenvalue weighted by Crippen LogP contribution is -2.43. The minimum Gasteiger partial charge on any atom is -0.477 e. The van der Waals surface area contributed by atoms with Crippen LogP contribution < -0.4 is 4.90 Å². The van der Waals surface area contributed by atoms with E-state index in [1.54, 1.807) is 23.1 Å². The molecule has 0 aliphatic heterocycles. The van der Waals surface area contributed by atoms with E-state index in [4.69, 9.17) is 0 Å². The quantitative estimate of drug-likeness (QED) is 0.607. The summed E-state index contributed by atoms with van der Waals surface area (Å²) in [4.78, 5) is 28.2. The van der Waals surface area contributed by atoms with E-state index in [1.165, 1.54) is 0 Å². The SMILES string of the molecule is CC1CCC(N(C(=O)c2ccccc2)c2cc(C#CC(C)(C)C)sc2C(=O)O)CC1. The van der Waals surface area contributed by atoms with Crippen molar-refractivity contribution in [3.05, 3.63) is 51.7 Å². The molecule has 0 spiro atoms. The van der Waals surface area contributed by atoms with E-state index in [1.807, 2.05) is 39.0 Å². The highest BCUT2D eigenvalue weighted by Gasteiger charge is 2.33. The molecule has 1 saturated carbocycles. The molecule has 0 unspecified atom stereocenters. The van der Waals surface area contributed by atoms with E-state index in [0.29, 0.717) is 22.0 Å². The number of anilines is 1. The Bertz CT molecular complexity index is 967. The van der Waals surface area contributed by atoms with E-state index in [0.717, 1.165) is 37.0 Å². The summed E-state index contributed by atoms with van der Waals surface area (Å²) >= 11 is 1.15. The second-order valence-electron chi connectivity index (χ2n) is 9.09. The van der Waals surface area contributed by atoms with Crippen LogP contribution in [0.1, 0.15) is 78.3 Å². The molecule has 4 nitrogen and oxygen atoms in total. The molecule has 0 saturated heterocycles. The summed E-state index contributed by atoms with van der Waals surface area (Å²) in [5.41, 5.74) is 0.854. The monoisotopic (exact) mass is 423 g/mol. The van der Waals surface area contributed by atoms with Crippen molar-refractivity contribution < 1.29 is 14.7 Å². The van der Waals surface area contributed by atoms with Crippen molar-refractivity contribution in [3.63, 3.8) is 0 Å². The molecule has 1 heterocycles. The van der Waals surface area contributed by atoms with Crippen molar-refractivity contribution in [2.24, 2.45) is 11.3 Å². The largest absolute Gasteiger partial charge is 0.477 e. The van der Waals surface area contributed by atoms with Crippen LogP contribution in [0.2, 0.25) is 0 Å². The van der Waals surface area contributed by atoms with Gasteiger partial charge in [0.05, 0.1) is 10.6 Å². The maximum atomic E-state index is 13.5. The number of nitrogens with zero attached hydrogens (tertiary/aromatic N) is 1. The number of thiophene rings is 1. The molecule has 1 amide bonds. The molecule has 1 aromatic carbocycles. The number of rotatable bonds is 4. The van der Waals surface area contributed by atoms with Crippen LogP contribution >= 0.6 is 11.3 Å². The average Bonchev–Trinajstić information content (AvgIpc) is 3.12. The van der Waals surface area contributed by atoms with E-state index >= 15 is 0 Å². The molecule has 1 N–H and O–H groups in total. The molecule has 0 atom stereocenters. The highest BCUT2D eigenvalue weighted by molar-refractivity contribution is 7.15. The van der Waals surface area contributed by atoms with Crippen LogP contribution in [-0.2, 0) is 0 Å². The second kappa shape index (κ2) is 9.06. The standard InChI is InChI=1S/C25H29NO3S/c1-17-10-12-19(13-11-17)26(23(27)18-8-6-5-7-9-18)21-16-20(14-15-25(2,3)4)30-22(21)24(28)29/h5-9,16-17,19H,10-13H2,1-4H3,(H,28,29). The summed E-state index contributed by atoms with van der Waals surface area (Å²) in [5, 5.41) is 9.87. The van der Waals surface area contributed by atoms with Gasteiger partial charge in [-0.15, -0.1) is 11.3 Å². The minimum absolute atomic E-state index is 0.00923. The molecule has 1 aliphatic carbocycles. The van der Waals surface area contributed by atoms with Crippen LogP contribution in [-0.4, -0.2) is 23.0 Å². The van der Waals surface area contributed by atoms with Crippen LogP contribution in [0.5, 0.6) is 0 Å². The molecule has 1 aromatic heterocycles. The normalized spacial score (nSPS) is 18.9. The van der Waals surface area contributed by atoms with E-state index in [2.05, 4.69) is 18.8 Å². The number of aromatic carboxylic acids is 1. The van der Waals surface area contributed by atoms with Crippen molar-refractivity contribution in [1.29, 1.82) is 0 Å². The zero-order chi connectivity index (χ0) is 21.9. The van der Waals surface area contributed by atoms with Crippen molar-refractivity contribution in [2.45, 2.75) is 59.4 Å². The summed E-state index contributed by atoms with van der Waals surface area (Å²) in [7, 11) is 0. The van der Waals surface area contributed by atoms with Gasteiger partial charge >= 0.3 is 5.97 Å². The highest BCUT2D eigenvalue weighted by Crippen LogP contribution is 2.37. The van der Waals surface area contributed by atoms with Gasteiger partial charge in [0.15, 0.2) is 0 Å². The first-order valence-electron chi connectivity index (χ1n) is 10.4. The van der Waals surface area contributed by atoms with Crippen molar-refractivity contribution in [2.75, 3.05) is 4.90 Å². The number of hydrogen-bond donors (Lipinski definition) is 1. The smallest absolute Gasteiger partial charge is 0.348 e. The Morgan fingerprint density at radius 2 is 1.73 bits per heavy atom. The molecular weight excluding hydrogens is 394 g/mol. The Labute approximate surface area is 182 Å². The van der Waals surface area contributed by atoms with Gasteiger partial charge in [-0.2, -0.15) is 0 Å². The zero-order valence-corrected chi connectivity index (χ0v) is 18.9. The summed E-state index contributed by atoms with van der Waals surface area (Å²) in [6.45, 7) is 8.27. The first-order chi connectivity index (χ1) is 14.2. The number of hydrogen-bond acceptors (Lipinski definition) is 3. The van der Waals surface area contributed by atoms with Crippen LogP contribution in [0, 0.1) is 23.2 Å². The number of carboxylic acid groups (broad SMARTS) is 1. The summed E-state index contributed by atoms with van der Waals surface area (Å²) < 4.78 is 0. The Balaban J connectivity index is 2.08. The third kappa shape index (κ3) is 5.31. The van der Waals surface area contributed by atoms with Gasteiger partial charge in [0.2, 0.25) is 0 Å². The maximum absolute atomic E-state index is 13.5. The molecule has 158 valence electrons. The Kier molecular flexibility index (Phi) is 6.67. The fourth-order valence-electron chi connectivity index (χ4n) is 3.72. The second-order valence-corrected chi connectivity index (χ2v) is 10.1. The number of carbonyl (C=O) groups is 2. The lowest BCUT2D eigenvalue weighted by molar-refractivity contribution is 0.0702. The Morgan fingerprint density at radius 3 is 2.30 bits per heavy atom. The van der Waals surface area contributed by atoms with Crippen LogP contribution in [0.15, 0.2) is 36.4 Å². The molecule has 5 heteroatoms. The van der Waals surface area contributed by atoms with E-state index in [-0.39, 0.29) is 22.2 Å². The van der Waals surface area contributed by atoms with Crippen LogP contribution in [0.3, 0.4) is 0 Å². The predicted molar refractivity (Wildman–Crippen MR) is 122 cm³/mol. The van der Waals surface area contributed by atoms with Crippen molar-refractivity contribution >= 4 is 28.9 Å². The summed E-state index contributed by atoms with van der Waals surface area (Å²) in [6, 6.07) is 10.9. The van der Waals surface area contributed by atoms with Gasteiger partial charge in [0, 0.05) is 17.0 Å². The fraction of sp³-hybridized carbons (Fsp3) is 0.440. The highest BCUT2D eigenvalue weighted by atomic mass is 32.1. The molecule has 3 rings (SSSR count).